The SMILES string of the molecule is C/C=C\C(CNC(=O)Cn1c(C)c2c(=O)n(-c3ccc(F)c(Cl)c3)[nH]c2cc1=O)=NC. The predicted molar refractivity (Wildman–Crippen MR) is 119 cm³/mol. The maximum Gasteiger partial charge on any atom is 0.280 e. The van der Waals surface area contributed by atoms with Crippen LogP contribution in [0.2, 0.25) is 5.02 Å². The van der Waals surface area contributed by atoms with Gasteiger partial charge >= 0.3 is 0 Å². The summed E-state index contributed by atoms with van der Waals surface area (Å²) >= 11 is 5.82. The summed E-state index contributed by atoms with van der Waals surface area (Å²) in [6.45, 7) is 3.40. The zero-order valence-electron chi connectivity index (χ0n) is 17.2. The first-order valence-corrected chi connectivity index (χ1v) is 9.80. The van der Waals surface area contributed by atoms with E-state index < -0.39 is 22.8 Å². The third kappa shape index (κ3) is 4.51. The van der Waals surface area contributed by atoms with Gasteiger partial charge in [-0.2, -0.15) is 0 Å². The number of hydrogen-bond acceptors (Lipinski definition) is 4. The number of allylic oxidation sites excluding steroid dienone is 1. The van der Waals surface area contributed by atoms with Crippen molar-refractivity contribution >= 4 is 34.1 Å². The Hall–Kier alpha value is -3.46. The van der Waals surface area contributed by atoms with Crippen LogP contribution in [0, 0.1) is 12.7 Å². The molecule has 2 N–H and O–H groups in total. The zero-order valence-corrected chi connectivity index (χ0v) is 18.0. The van der Waals surface area contributed by atoms with Crippen LogP contribution in [0.5, 0.6) is 0 Å². The van der Waals surface area contributed by atoms with E-state index in [2.05, 4.69) is 15.4 Å². The average molecular weight is 446 g/mol. The number of benzene rings is 1. The van der Waals surface area contributed by atoms with Crippen LogP contribution in [0.3, 0.4) is 0 Å². The fraction of sp³-hybridized carbons (Fsp3) is 0.238. The van der Waals surface area contributed by atoms with Crippen molar-refractivity contribution < 1.29 is 9.18 Å². The van der Waals surface area contributed by atoms with Crippen LogP contribution < -0.4 is 16.4 Å². The molecule has 3 rings (SSSR count). The van der Waals surface area contributed by atoms with Crippen molar-refractivity contribution in [2.24, 2.45) is 4.99 Å². The molecule has 1 aromatic carbocycles. The van der Waals surface area contributed by atoms with Crippen LogP contribution in [-0.4, -0.2) is 39.6 Å². The maximum absolute atomic E-state index is 13.5. The van der Waals surface area contributed by atoms with Crippen molar-refractivity contribution in [2.75, 3.05) is 13.6 Å². The van der Waals surface area contributed by atoms with E-state index in [0.29, 0.717) is 22.6 Å². The second-order valence-electron chi connectivity index (χ2n) is 6.79. The molecule has 2 heterocycles. The Balaban J connectivity index is 1.97. The molecule has 8 nitrogen and oxygen atoms in total. The van der Waals surface area contributed by atoms with Gasteiger partial charge in [0.1, 0.15) is 12.4 Å². The molecule has 0 aliphatic rings. The Morgan fingerprint density at radius 1 is 1.32 bits per heavy atom. The van der Waals surface area contributed by atoms with Gasteiger partial charge in [0.25, 0.3) is 11.1 Å². The highest BCUT2D eigenvalue weighted by molar-refractivity contribution is 6.30. The maximum atomic E-state index is 13.5. The third-order valence-corrected chi connectivity index (χ3v) is 5.08. The van der Waals surface area contributed by atoms with Crippen molar-refractivity contribution in [3.05, 3.63) is 73.7 Å². The molecule has 3 aromatic rings. The molecule has 0 atom stereocenters. The minimum Gasteiger partial charge on any atom is -0.349 e. The third-order valence-electron chi connectivity index (χ3n) is 4.80. The molecular formula is C21H21ClFN5O3. The number of halogens is 2. The lowest BCUT2D eigenvalue weighted by molar-refractivity contribution is -0.121. The van der Waals surface area contributed by atoms with Crippen LogP contribution in [0.15, 0.2) is 51.0 Å². The highest BCUT2D eigenvalue weighted by Gasteiger charge is 2.17. The van der Waals surface area contributed by atoms with E-state index >= 15 is 0 Å². The second kappa shape index (κ2) is 9.13. The molecule has 0 unspecified atom stereocenters. The molecule has 31 heavy (non-hydrogen) atoms. The molecule has 2 aromatic heterocycles. The van der Waals surface area contributed by atoms with E-state index in [1.165, 1.54) is 27.4 Å². The van der Waals surface area contributed by atoms with Gasteiger partial charge in [0, 0.05) is 18.8 Å². The van der Waals surface area contributed by atoms with Crippen LogP contribution in [-0.2, 0) is 11.3 Å². The molecule has 0 fully saturated rings. The van der Waals surface area contributed by atoms with Gasteiger partial charge in [0.05, 0.1) is 33.9 Å². The standard InChI is InChI=1S/C21H21ClFN5O3/c1-4-5-13(24-3)10-25-18(29)11-27-12(2)20-17(9-19(27)30)26-28(21(20)31)14-6-7-16(23)15(22)8-14/h4-9,26H,10-11H2,1-3H3,(H,25,29)/b5-4-,24-13?. The quantitative estimate of drug-likeness (QED) is 0.569. The molecule has 0 spiro atoms. The molecule has 0 aliphatic carbocycles. The Kier molecular flexibility index (Phi) is 6.55. The summed E-state index contributed by atoms with van der Waals surface area (Å²) < 4.78 is 15.9. The number of aliphatic imine (C=N–C) groups is 1. The predicted octanol–water partition coefficient (Wildman–Crippen LogP) is 2.34. The van der Waals surface area contributed by atoms with Crippen molar-refractivity contribution in [2.45, 2.75) is 20.4 Å². The number of aromatic nitrogens is 3. The van der Waals surface area contributed by atoms with Gasteiger partial charge in [-0.15, -0.1) is 0 Å². The van der Waals surface area contributed by atoms with E-state index in [-0.39, 0.29) is 23.5 Å². The Morgan fingerprint density at radius 2 is 2.06 bits per heavy atom. The molecule has 0 bridgehead atoms. The molecule has 10 heteroatoms. The van der Waals surface area contributed by atoms with E-state index in [0.717, 1.165) is 6.07 Å². The van der Waals surface area contributed by atoms with Gasteiger partial charge in [-0.1, -0.05) is 17.7 Å². The molecule has 0 radical (unpaired) electrons. The molecule has 0 saturated heterocycles. The molecule has 0 saturated carbocycles. The lowest BCUT2D eigenvalue weighted by Gasteiger charge is -2.10. The smallest absolute Gasteiger partial charge is 0.280 e. The highest BCUT2D eigenvalue weighted by Crippen LogP contribution is 2.19. The molecule has 0 aliphatic heterocycles. The highest BCUT2D eigenvalue weighted by atomic mass is 35.5. The fourth-order valence-corrected chi connectivity index (χ4v) is 3.38. The monoisotopic (exact) mass is 445 g/mol. The zero-order chi connectivity index (χ0) is 22.7. The van der Waals surface area contributed by atoms with Gasteiger partial charge in [-0.25, -0.2) is 9.07 Å². The number of aryl methyl sites for hydroxylation is 1. The number of nitrogens with one attached hydrogen (secondary N) is 2. The van der Waals surface area contributed by atoms with E-state index in [9.17, 15) is 18.8 Å². The summed E-state index contributed by atoms with van der Waals surface area (Å²) in [4.78, 5) is 42.0. The number of carbonyl (C=O) groups excluding carboxylic acids is 1. The molecule has 1 amide bonds. The van der Waals surface area contributed by atoms with E-state index in [1.54, 1.807) is 20.0 Å². The second-order valence-corrected chi connectivity index (χ2v) is 7.19. The van der Waals surface area contributed by atoms with Crippen LogP contribution in [0.1, 0.15) is 12.6 Å². The normalized spacial score (nSPS) is 12.1. The van der Waals surface area contributed by atoms with E-state index in [4.69, 9.17) is 11.6 Å². The number of hydrogen-bond donors (Lipinski definition) is 2. The number of amides is 1. The number of rotatable bonds is 6. The largest absolute Gasteiger partial charge is 0.349 e. The lowest BCUT2D eigenvalue weighted by atomic mass is 10.2. The average Bonchev–Trinajstić information content (AvgIpc) is 3.06. The lowest BCUT2D eigenvalue weighted by Crippen LogP contribution is -2.35. The fourth-order valence-electron chi connectivity index (χ4n) is 3.21. The number of fused-ring (bicyclic) bond motifs is 1. The number of H-pyrrole nitrogens is 1. The minimum absolute atomic E-state index is 0.135. The summed E-state index contributed by atoms with van der Waals surface area (Å²) in [5.41, 5.74) is 0.754. The summed E-state index contributed by atoms with van der Waals surface area (Å²) in [7, 11) is 1.62. The Bertz CT molecular complexity index is 1330. The molecular weight excluding hydrogens is 425 g/mol. The number of carbonyl (C=O) groups is 1. The van der Waals surface area contributed by atoms with Gasteiger partial charge in [-0.05, 0) is 38.1 Å². The van der Waals surface area contributed by atoms with Crippen molar-refractivity contribution in [3.8, 4) is 5.69 Å². The topological polar surface area (TPSA) is 101 Å². The summed E-state index contributed by atoms with van der Waals surface area (Å²) in [5.74, 6) is -1.00. The van der Waals surface area contributed by atoms with E-state index in [1.807, 2.05) is 13.0 Å². The summed E-state index contributed by atoms with van der Waals surface area (Å²) in [6, 6.07) is 5.09. The van der Waals surface area contributed by atoms with Gasteiger partial charge in [0.2, 0.25) is 5.91 Å². The van der Waals surface area contributed by atoms with Gasteiger partial charge in [0.15, 0.2) is 0 Å². The van der Waals surface area contributed by atoms with Gasteiger partial charge < -0.3 is 9.88 Å². The van der Waals surface area contributed by atoms with Crippen LogP contribution in [0.25, 0.3) is 16.6 Å². The van der Waals surface area contributed by atoms with Crippen LogP contribution in [0.4, 0.5) is 4.39 Å². The van der Waals surface area contributed by atoms with Crippen LogP contribution >= 0.6 is 11.6 Å². The van der Waals surface area contributed by atoms with Crippen molar-refractivity contribution in [1.29, 1.82) is 0 Å². The number of pyridine rings is 1. The first-order valence-electron chi connectivity index (χ1n) is 9.42. The first kappa shape index (κ1) is 22.2. The number of aromatic amines is 1. The minimum atomic E-state index is -0.609. The van der Waals surface area contributed by atoms with Crippen molar-refractivity contribution in [3.63, 3.8) is 0 Å². The summed E-state index contributed by atoms with van der Waals surface area (Å²) in [5, 5.41) is 5.65. The number of nitrogens with zero attached hydrogens (tertiary/aromatic N) is 3. The van der Waals surface area contributed by atoms with Crippen molar-refractivity contribution in [1.82, 2.24) is 19.7 Å². The van der Waals surface area contributed by atoms with Gasteiger partial charge in [-0.3, -0.25) is 24.5 Å². The Labute approximate surface area is 181 Å². The Morgan fingerprint density at radius 3 is 2.71 bits per heavy atom. The first-order chi connectivity index (χ1) is 14.8. The summed E-state index contributed by atoms with van der Waals surface area (Å²) in [6.07, 6.45) is 3.58. The molecule has 162 valence electrons.